The van der Waals surface area contributed by atoms with Crippen molar-refractivity contribution in [2.75, 3.05) is 39.8 Å². The van der Waals surface area contributed by atoms with Crippen molar-refractivity contribution in [3.05, 3.63) is 35.4 Å². The first-order chi connectivity index (χ1) is 12.2. The van der Waals surface area contributed by atoms with E-state index < -0.39 is 29.6 Å². The number of carbonyl (C=O) groups excluding carboxylic acids is 3. The summed E-state index contributed by atoms with van der Waals surface area (Å²) in [6, 6.07) is 4.05. The first kappa shape index (κ1) is 19.7. The lowest BCUT2D eigenvalue weighted by atomic mass is 10.1. The Bertz CT molecular complexity index is 686. The Kier molecular flexibility index (Phi) is 6.19. The quantitative estimate of drug-likeness (QED) is 0.827. The van der Waals surface area contributed by atoms with Crippen LogP contribution in [-0.4, -0.2) is 67.4 Å². The van der Waals surface area contributed by atoms with E-state index in [0.29, 0.717) is 13.1 Å². The zero-order chi connectivity index (χ0) is 19.3. The molecule has 0 aliphatic carbocycles. The molecular weight excluding hydrogens is 353 g/mol. The van der Waals surface area contributed by atoms with Crippen molar-refractivity contribution in [2.45, 2.75) is 6.18 Å². The Labute approximate surface area is 148 Å². The average Bonchev–Trinajstić information content (AvgIpc) is 2.60. The number of benzene rings is 1. The summed E-state index contributed by atoms with van der Waals surface area (Å²) in [5, 5.41) is 4.38. The van der Waals surface area contributed by atoms with Crippen molar-refractivity contribution in [2.24, 2.45) is 0 Å². The number of halogens is 3. The molecule has 7 nitrogen and oxygen atoms in total. The van der Waals surface area contributed by atoms with Crippen LogP contribution in [0.3, 0.4) is 0 Å². The Morgan fingerprint density at radius 1 is 1.08 bits per heavy atom. The summed E-state index contributed by atoms with van der Waals surface area (Å²) in [7, 11) is 1.38. The molecule has 142 valence electrons. The smallest absolute Gasteiger partial charge is 0.341 e. The van der Waals surface area contributed by atoms with Crippen molar-refractivity contribution >= 4 is 17.8 Å². The van der Waals surface area contributed by atoms with Gasteiger partial charge in [-0.05, 0) is 12.1 Å². The Hall–Kier alpha value is -2.62. The molecule has 1 fully saturated rings. The molecule has 0 saturated carbocycles. The number of hydrogen-bond acceptors (Lipinski definition) is 4. The van der Waals surface area contributed by atoms with Crippen LogP contribution < -0.4 is 10.6 Å². The Morgan fingerprint density at radius 2 is 1.69 bits per heavy atom. The van der Waals surface area contributed by atoms with E-state index in [-0.39, 0.29) is 25.2 Å². The van der Waals surface area contributed by atoms with Crippen molar-refractivity contribution < 1.29 is 27.6 Å². The molecule has 2 N–H and O–H groups in total. The van der Waals surface area contributed by atoms with Crippen LogP contribution in [0.4, 0.5) is 18.0 Å². The van der Waals surface area contributed by atoms with Gasteiger partial charge in [-0.25, -0.2) is 4.79 Å². The van der Waals surface area contributed by atoms with Gasteiger partial charge in [-0.2, -0.15) is 13.2 Å². The summed E-state index contributed by atoms with van der Waals surface area (Å²) in [4.78, 5) is 38.2. The first-order valence-corrected chi connectivity index (χ1v) is 7.91. The van der Waals surface area contributed by atoms with E-state index in [0.717, 1.165) is 12.1 Å². The van der Waals surface area contributed by atoms with Crippen LogP contribution >= 0.6 is 0 Å². The van der Waals surface area contributed by atoms with E-state index in [1.54, 1.807) is 4.90 Å². The number of alkyl halides is 3. The van der Waals surface area contributed by atoms with Gasteiger partial charge in [0.1, 0.15) is 0 Å². The zero-order valence-corrected chi connectivity index (χ0v) is 14.1. The molecule has 1 heterocycles. The first-order valence-electron chi connectivity index (χ1n) is 7.91. The largest absolute Gasteiger partial charge is 0.417 e. The van der Waals surface area contributed by atoms with Crippen molar-refractivity contribution in [1.82, 2.24) is 20.4 Å². The third kappa shape index (κ3) is 4.94. The molecular formula is C16H19F3N4O3. The summed E-state index contributed by atoms with van der Waals surface area (Å²) in [6.07, 6.45) is -4.61. The van der Waals surface area contributed by atoms with Crippen LogP contribution in [0.1, 0.15) is 15.9 Å². The highest BCUT2D eigenvalue weighted by molar-refractivity contribution is 5.96. The van der Waals surface area contributed by atoms with Gasteiger partial charge in [0.2, 0.25) is 5.91 Å². The second-order valence-corrected chi connectivity index (χ2v) is 5.74. The van der Waals surface area contributed by atoms with Gasteiger partial charge in [-0.1, -0.05) is 12.1 Å². The van der Waals surface area contributed by atoms with Crippen molar-refractivity contribution in [3.63, 3.8) is 0 Å². The van der Waals surface area contributed by atoms with E-state index in [2.05, 4.69) is 10.6 Å². The maximum absolute atomic E-state index is 13.1. The molecule has 2 rings (SSSR count). The summed E-state index contributed by atoms with van der Waals surface area (Å²) in [5.41, 5.74) is -1.34. The van der Waals surface area contributed by atoms with Crippen LogP contribution in [0.5, 0.6) is 0 Å². The van der Waals surface area contributed by atoms with Gasteiger partial charge in [0.15, 0.2) is 0 Å². The molecule has 0 bridgehead atoms. The number of amides is 4. The van der Waals surface area contributed by atoms with Gasteiger partial charge >= 0.3 is 12.2 Å². The molecule has 1 aliphatic heterocycles. The van der Waals surface area contributed by atoms with Gasteiger partial charge in [0.25, 0.3) is 5.91 Å². The molecule has 1 saturated heterocycles. The fraction of sp³-hybridized carbons (Fsp3) is 0.438. The topological polar surface area (TPSA) is 81.8 Å². The molecule has 1 aliphatic rings. The van der Waals surface area contributed by atoms with E-state index in [9.17, 15) is 27.6 Å². The molecule has 0 aromatic heterocycles. The molecule has 4 amide bonds. The molecule has 0 unspecified atom stereocenters. The molecule has 26 heavy (non-hydrogen) atoms. The maximum Gasteiger partial charge on any atom is 0.417 e. The van der Waals surface area contributed by atoms with Crippen molar-refractivity contribution in [3.8, 4) is 0 Å². The zero-order valence-electron chi connectivity index (χ0n) is 14.1. The lowest BCUT2D eigenvalue weighted by Gasteiger charge is -2.34. The average molecular weight is 372 g/mol. The number of hydrogen-bond donors (Lipinski definition) is 2. The minimum Gasteiger partial charge on any atom is -0.341 e. The minimum absolute atomic E-state index is 0.0331. The number of imide groups is 1. The number of urea groups is 1. The standard InChI is InChI=1S/C16H19F3N4O3/c1-20-15(26)21-13(24)10-22-6-8-23(9-7-22)14(25)11-4-2-3-5-12(11)16(17,18)19/h2-5H,6-10H2,1H3,(H2,20,21,24,26). The van der Waals surface area contributed by atoms with Crippen LogP contribution in [0.15, 0.2) is 24.3 Å². The minimum atomic E-state index is -4.61. The molecule has 0 spiro atoms. The SMILES string of the molecule is CNC(=O)NC(=O)CN1CCN(C(=O)c2ccccc2C(F)(F)F)CC1. The highest BCUT2D eigenvalue weighted by Gasteiger charge is 2.36. The Balaban J connectivity index is 1.95. The molecule has 0 atom stereocenters. The highest BCUT2D eigenvalue weighted by atomic mass is 19.4. The van der Waals surface area contributed by atoms with Gasteiger partial charge < -0.3 is 10.2 Å². The molecule has 1 aromatic carbocycles. The molecule has 0 radical (unpaired) electrons. The monoisotopic (exact) mass is 372 g/mol. The maximum atomic E-state index is 13.1. The molecule has 10 heteroatoms. The number of rotatable bonds is 3. The predicted molar refractivity (Wildman–Crippen MR) is 86.4 cm³/mol. The third-order valence-electron chi connectivity index (χ3n) is 3.97. The number of piperazine rings is 1. The summed E-state index contributed by atoms with van der Waals surface area (Å²) >= 11 is 0. The Morgan fingerprint density at radius 3 is 2.27 bits per heavy atom. The summed E-state index contributed by atoms with van der Waals surface area (Å²) in [5.74, 6) is -1.18. The second kappa shape index (κ2) is 8.17. The van der Waals surface area contributed by atoms with Gasteiger partial charge in [0.05, 0.1) is 17.7 Å². The predicted octanol–water partition coefficient (Wildman–Crippen LogP) is 0.919. The van der Waals surface area contributed by atoms with Crippen LogP contribution in [0, 0.1) is 0 Å². The van der Waals surface area contributed by atoms with Crippen LogP contribution in [0.25, 0.3) is 0 Å². The fourth-order valence-corrected chi connectivity index (χ4v) is 2.63. The van der Waals surface area contributed by atoms with E-state index in [4.69, 9.17) is 0 Å². The van der Waals surface area contributed by atoms with Gasteiger partial charge in [-0.15, -0.1) is 0 Å². The number of carbonyl (C=O) groups is 3. The highest BCUT2D eigenvalue weighted by Crippen LogP contribution is 2.32. The fourth-order valence-electron chi connectivity index (χ4n) is 2.63. The lowest BCUT2D eigenvalue weighted by molar-refractivity contribution is -0.138. The normalized spacial score (nSPS) is 15.5. The van der Waals surface area contributed by atoms with Gasteiger partial charge in [0, 0.05) is 33.2 Å². The lowest BCUT2D eigenvalue weighted by Crippen LogP contribution is -2.52. The number of nitrogens with one attached hydrogen (secondary N) is 2. The van der Waals surface area contributed by atoms with Gasteiger partial charge in [-0.3, -0.25) is 19.8 Å². The summed E-state index contributed by atoms with van der Waals surface area (Å²) in [6.45, 7) is 0.993. The van der Waals surface area contributed by atoms with E-state index in [1.807, 2.05) is 0 Å². The third-order valence-corrected chi connectivity index (χ3v) is 3.97. The van der Waals surface area contributed by atoms with E-state index in [1.165, 1.54) is 24.1 Å². The van der Waals surface area contributed by atoms with E-state index >= 15 is 0 Å². The van der Waals surface area contributed by atoms with Crippen LogP contribution in [-0.2, 0) is 11.0 Å². The number of nitrogens with zero attached hydrogens (tertiary/aromatic N) is 2. The molecule has 1 aromatic rings. The van der Waals surface area contributed by atoms with Crippen LogP contribution in [0.2, 0.25) is 0 Å². The van der Waals surface area contributed by atoms with Crippen molar-refractivity contribution in [1.29, 1.82) is 0 Å². The summed E-state index contributed by atoms with van der Waals surface area (Å²) < 4.78 is 39.2. The second-order valence-electron chi connectivity index (χ2n) is 5.74.